The van der Waals surface area contributed by atoms with Crippen molar-refractivity contribution in [3.05, 3.63) is 28.6 Å². The summed E-state index contributed by atoms with van der Waals surface area (Å²) in [5.41, 5.74) is 6.77. The van der Waals surface area contributed by atoms with Gasteiger partial charge in [-0.25, -0.2) is 19.3 Å². The molecule has 0 saturated carbocycles. The van der Waals surface area contributed by atoms with Gasteiger partial charge >= 0.3 is 5.69 Å². The molecule has 0 fully saturated rings. The number of H-pyrrole nitrogens is 1. The Morgan fingerprint density at radius 2 is 2.50 bits per heavy atom. The first-order chi connectivity index (χ1) is 6.66. The molecule has 74 valence electrons. The molecule has 0 radical (unpaired) electrons. The van der Waals surface area contributed by atoms with Gasteiger partial charge in [-0.15, -0.1) is 0 Å². The Kier molecular flexibility index (Phi) is 2.05. The third-order valence-electron chi connectivity index (χ3n) is 1.90. The summed E-state index contributed by atoms with van der Waals surface area (Å²) in [5, 5.41) is 6.17. The van der Waals surface area contributed by atoms with E-state index in [0.717, 1.165) is 5.69 Å². The summed E-state index contributed by atoms with van der Waals surface area (Å²) in [7, 11) is 0. The molecular formula is C8H11N5O. The van der Waals surface area contributed by atoms with Crippen LogP contribution in [-0.2, 0) is 6.42 Å². The van der Waals surface area contributed by atoms with Crippen molar-refractivity contribution in [3.63, 3.8) is 0 Å². The molecule has 0 aliphatic heterocycles. The molecule has 6 nitrogen and oxygen atoms in total. The van der Waals surface area contributed by atoms with Gasteiger partial charge in [0.1, 0.15) is 6.33 Å². The first kappa shape index (κ1) is 8.89. The van der Waals surface area contributed by atoms with Crippen LogP contribution in [-0.4, -0.2) is 25.6 Å². The lowest BCUT2D eigenvalue weighted by atomic mass is 10.2. The summed E-state index contributed by atoms with van der Waals surface area (Å²) in [6.45, 7) is 1.91. The predicted molar refractivity (Wildman–Crippen MR) is 51.0 cm³/mol. The van der Waals surface area contributed by atoms with Crippen LogP contribution in [0.2, 0.25) is 0 Å². The predicted octanol–water partition coefficient (Wildman–Crippen LogP) is -0.693. The SMILES string of the molecule is CC(N)Cc1cc2n[nH]c(=O)n2cn1. The Labute approximate surface area is 79.8 Å². The number of fused-ring (bicyclic) bond motifs is 1. The van der Waals surface area contributed by atoms with Crippen molar-refractivity contribution in [1.82, 2.24) is 19.6 Å². The van der Waals surface area contributed by atoms with E-state index in [1.165, 1.54) is 10.7 Å². The Balaban J connectivity index is 2.47. The summed E-state index contributed by atoms with van der Waals surface area (Å²) in [6.07, 6.45) is 2.14. The maximum absolute atomic E-state index is 11.1. The summed E-state index contributed by atoms with van der Waals surface area (Å²) < 4.78 is 1.35. The molecule has 0 aromatic carbocycles. The Bertz CT molecular complexity index is 498. The minimum absolute atomic E-state index is 0.0515. The first-order valence-electron chi connectivity index (χ1n) is 4.34. The molecule has 0 spiro atoms. The highest BCUT2D eigenvalue weighted by molar-refractivity contribution is 5.36. The number of nitrogens with two attached hydrogens (primary N) is 1. The van der Waals surface area contributed by atoms with Crippen molar-refractivity contribution in [2.45, 2.75) is 19.4 Å². The number of nitrogens with one attached hydrogen (secondary N) is 1. The maximum Gasteiger partial charge on any atom is 0.348 e. The molecule has 2 aromatic heterocycles. The van der Waals surface area contributed by atoms with Gasteiger partial charge in [-0.1, -0.05) is 0 Å². The van der Waals surface area contributed by atoms with E-state index in [4.69, 9.17) is 5.73 Å². The first-order valence-corrected chi connectivity index (χ1v) is 4.34. The standard InChI is InChI=1S/C8H11N5O/c1-5(9)2-6-3-7-11-12-8(14)13(7)4-10-6/h3-5H,2,9H2,1H3,(H,12,14). The third kappa shape index (κ3) is 1.51. The lowest BCUT2D eigenvalue weighted by Gasteiger charge is -2.03. The average molecular weight is 193 g/mol. The second kappa shape index (κ2) is 3.22. The molecule has 1 unspecified atom stereocenters. The lowest BCUT2D eigenvalue weighted by Crippen LogP contribution is -2.19. The topological polar surface area (TPSA) is 89.1 Å². The zero-order valence-corrected chi connectivity index (χ0v) is 7.77. The van der Waals surface area contributed by atoms with Gasteiger partial charge in [0.2, 0.25) is 0 Å². The van der Waals surface area contributed by atoms with Gasteiger partial charge < -0.3 is 5.73 Å². The second-order valence-corrected chi connectivity index (χ2v) is 3.32. The lowest BCUT2D eigenvalue weighted by molar-refractivity contribution is 0.719. The van der Waals surface area contributed by atoms with Crippen LogP contribution in [0.5, 0.6) is 0 Å². The largest absolute Gasteiger partial charge is 0.348 e. The van der Waals surface area contributed by atoms with Crippen molar-refractivity contribution in [2.75, 3.05) is 0 Å². The Morgan fingerprint density at radius 3 is 3.21 bits per heavy atom. The van der Waals surface area contributed by atoms with E-state index in [2.05, 4.69) is 15.2 Å². The molecule has 1 atom stereocenters. The number of aromatic nitrogens is 4. The summed E-state index contributed by atoms with van der Waals surface area (Å²) in [4.78, 5) is 15.2. The molecule has 6 heteroatoms. The molecule has 0 saturated heterocycles. The fraction of sp³-hybridized carbons (Fsp3) is 0.375. The number of hydrogen-bond acceptors (Lipinski definition) is 4. The monoisotopic (exact) mass is 193 g/mol. The van der Waals surface area contributed by atoms with Gasteiger partial charge in [-0.2, -0.15) is 5.10 Å². The molecule has 0 amide bonds. The molecule has 0 bridgehead atoms. The van der Waals surface area contributed by atoms with E-state index in [0.29, 0.717) is 12.1 Å². The number of rotatable bonds is 2. The van der Waals surface area contributed by atoms with Gasteiger partial charge in [-0.3, -0.25) is 0 Å². The fourth-order valence-corrected chi connectivity index (χ4v) is 1.29. The van der Waals surface area contributed by atoms with Crippen LogP contribution < -0.4 is 11.4 Å². The molecule has 3 N–H and O–H groups in total. The molecule has 0 aliphatic carbocycles. The molecule has 2 aromatic rings. The minimum atomic E-state index is -0.278. The third-order valence-corrected chi connectivity index (χ3v) is 1.90. The quantitative estimate of drug-likeness (QED) is 0.660. The highest BCUT2D eigenvalue weighted by Crippen LogP contribution is 2.00. The molecule has 2 rings (SSSR count). The van der Waals surface area contributed by atoms with Gasteiger partial charge in [0.05, 0.1) is 0 Å². The number of aromatic amines is 1. The van der Waals surface area contributed by atoms with Gasteiger partial charge in [0.15, 0.2) is 5.65 Å². The van der Waals surface area contributed by atoms with E-state index >= 15 is 0 Å². The summed E-state index contributed by atoms with van der Waals surface area (Å²) >= 11 is 0. The van der Waals surface area contributed by atoms with Crippen LogP contribution >= 0.6 is 0 Å². The molecular weight excluding hydrogens is 182 g/mol. The highest BCUT2D eigenvalue weighted by atomic mass is 16.1. The Morgan fingerprint density at radius 1 is 1.71 bits per heavy atom. The van der Waals surface area contributed by atoms with E-state index in [1.807, 2.05) is 6.92 Å². The van der Waals surface area contributed by atoms with E-state index in [1.54, 1.807) is 6.07 Å². The normalized spacial score (nSPS) is 13.3. The van der Waals surface area contributed by atoms with E-state index in [9.17, 15) is 4.79 Å². The van der Waals surface area contributed by atoms with Crippen LogP contribution in [0.3, 0.4) is 0 Å². The number of nitrogens with zero attached hydrogens (tertiary/aromatic N) is 3. The molecule has 14 heavy (non-hydrogen) atoms. The van der Waals surface area contributed by atoms with Crippen molar-refractivity contribution in [1.29, 1.82) is 0 Å². The molecule has 2 heterocycles. The number of hydrogen-bond donors (Lipinski definition) is 2. The molecule has 0 aliphatic rings. The van der Waals surface area contributed by atoms with Crippen molar-refractivity contribution >= 4 is 5.65 Å². The van der Waals surface area contributed by atoms with Crippen molar-refractivity contribution in [3.8, 4) is 0 Å². The van der Waals surface area contributed by atoms with Crippen LogP contribution in [0, 0.1) is 0 Å². The van der Waals surface area contributed by atoms with Crippen LogP contribution in [0.4, 0.5) is 0 Å². The maximum atomic E-state index is 11.1. The van der Waals surface area contributed by atoms with Crippen molar-refractivity contribution in [2.24, 2.45) is 5.73 Å². The minimum Gasteiger partial charge on any atom is -0.328 e. The van der Waals surface area contributed by atoms with Crippen LogP contribution in [0.15, 0.2) is 17.2 Å². The summed E-state index contributed by atoms with van der Waals surface area (Å²) in [6, 6.07) is 1.80. The zero-order chi connectivity index (χ0) is 10.1. The van der Waals surface area contributed by atoms with Gasteiger partial charge in [0.25, 0.3) is 0 Å². The average Bonchev–Trinajstić information content (AvgIpc) is 2.46. The zero-order valence-electron chi connectivity index (χ0n) is 7.77. The van der Waals surface area contributed by atoms with Crippen molar-refractivity contribution < 1.29 is 0 Å². The van der Waals surface area contributed by atoms with Gasteiger partial charge in [-0.05, 0) is 6.92 Å². The van der Waals surface area contributed by atoms with Crippen LogP contribution in [0.1, 0.15) is 12.6 Å². The van der Waals surface area contributed by atoms with Crippen LogP contribution in [0.25, 0.3) is 5.65 Å². The Hall–Kier alpha value is -1.69. The fourth-order valence-electron chi connectivity index (χ4n) is 1.29. The highest BCUT2D eigenvalue weighted by Gasteiger charge is 2.03. The van der Waals surface area contributed by atoms with E-state index < -0.39 is 0 Å². The second-order valence-electron chi connectivity index (χ2n) is 3.32. The van der Waals surface area contributed by atoms with E-state index in [-0.39, 0.29) is 11.7 Å². The van der Waals surface area contributed by atoms with Gasteiger partial charge in [0, 0.05) is 24.2 Å². The summed E-state index contributed by atoms with van der Waals surface area (Å²) in [5.74, 6) is 0. The smallest absolute Gasteiger partial charge is 0.328 e.